The monoisotopic (exact) mass is 326 g/mol. The molecule has 0 spiro atoms. The van der Waals surface area contributed by atoms with Crippen LogP contribution in [-0.4, -0.2) is 40.4 Å². The molecular weight excluding hydrogens is 300 g/mol. The SMILES string of the molecule is CC(C)(S)[C@@H]1C[C@H](CS)C(=O)N1CCCCCN.Cl. The van der Waals surface area contributed by atoms with Crippen LogP contribution in [0.4, 0.5) is 0 Å². The summed E-state index contributed by atoms with van der Waals surface area (Å²) in [5.41, 5.74) is 5.49. The Balaban J connectivity index is 0.00000324. The van der Waals surface area contributed by atoms with Crippen molar-refractivity contribution in [2.45, 2.75) is 50.3 Å². The van der Waals surface area contributed by atoms with Gasteiger partial charge in [-0.3, -0.25) is 4.79 Å². The van der Waals surface area contributed by atoms with Crippen LogP contribution in [-0.2, 0) is 4.79 Å². The second kappa shape index (κ2) is 8.65. The molecule has 1 rings (SSSR count). The first-order chi connectivity index (χ1) is 8.41. The minimum absolute atomic E-state index is 0. The molecule has 1 amide bonds. The van der Waals surface area contributed by atoms with Crippen LogP contribution in [0.2, 0.25) is 0 Å². The first-order valence-electron chi connectivity index (χ1n) is 6.75. The van der Waals surface area contributed by atoms with E-state index in [2.05, 4.69) is 39.1 Å². The lowest BCUT2D eigenvalue weighted by Gasteiger charge is -2.34. The summed E-state index contributed by atoms with van der Waals surface area (Å²) in [6.45, 7) is 5.73. The summed E-state index contributed by atoms with van der Waals surface area (Å²) in [4.78, 5) is 14.3. The predicted molar refractivity (Wildman–Crippen MR) is 90.7 cm³/mol. The molecule has 1 fully saturated rings. The van der Waals surface area contributed by atoms with Crippen LogP contribution in [0.3, 0.4) is 0 Å². The Hall–Kier alpha value is 0.420. The van der Waals surface area contributed by atoms with Gasteiger partial charge in [-0.2, -0.15) is 25.3 Å². The molecule has 114 valence electrons. The predicted octanol–water partition coefficient (Wildman–Crippen LogP) is 2.39. The third-order valence-electron chi connectivity index (χ3n) is 3.66. The van der Waals surface area contributed by atoms with Crippen molar-refractivity contribution in [2.75, 3.05) is 18.8 Å². The second-order valence-corrected chi connectivity index (χ2v) is 7.18. The third-order valence-corrected chi connectivity index (χ3v) is 4.39. The van der Waals surface area contributed by atoms with Crippen LogP contribution in [0.1, 0.15) is 39.5 Å². The highest BCUT2D eigenvalue weighted by Crippen LogP contribution is 2.35. The van der Waals surface area contributed by atoms with Crippen molar-refractivity contribution in [3.8, 4) is 0 Å². The first-order valence-corrected chi connectivity index (χ1v) is 7.83. The molecule has 2 N–H and O–H groups in total. The Bertz CT molecular complexity index is 284. The van der Waals surface area contributed by atoms with Crippen molar-refractivity contribution in [2.24, 2.45) is 11.7 Å². The van der Waals surface area contributed by atoms with Gasteiger partial charge in [-0.05, 0) is 39.7 Å². The minimum atomic E-state index is -0.152. The standard InChI is InChI=1S/C13H26N2OS2.ClH/c1-13(2,18)11-8-10(9-17)12(16)15(11)7-5-3-4-6-14;/h10-11,17-18H,3-9,14H2,1-2H3;1H/t10-,11+;/m1./s1. The Morgan fingerprint density at radius 3 is 2.47 bits per heavy atom. The summed E-state index contributed by atoms with van der Waals surface area (Å²) < 4.78 is -0.152. The van der Waals surface area contributed by atoms with E-state index in [0.29, 0.717) is 5.75 Å². The molecule has 0 aliphatic carbocycles. The van der Waals surface area contributed by atoms with Crippen LogP contribution in [0.5, 0.6) is 0 Å². The number of carbonyl (C=O) groups is 1. The summed E-state index contributed by atoms with van der Waals surface area (Å²) in [5, 5.41) is 0. The number of amides is 1. The number of hydrogen-bond acceptors (Lipinski definition) is 4. The van der Waals surface area contributed by atoms with Gasteiger partial charge in [0, 0.05) is 29.0 Å². The number of hydrogen-bond donors (Lipinski definition) is 3. The van der Waals surface area contributed by atoms with Gasteiger partial charge in [0.05, 0.1) is 0 Å². The Labute approximate surface area is 134 Å². The zero-order valence-corrected chi connectivity index (χ0v) is 14.4. The van der Waals surface area contributed by atoms with Crippen LogP contribution in [0.25, 0.3) is 0 Å². The van der Waals surface area contributed by atoms with E-state index in [1.165, 1.54) is 0 Å². The lowest BCUT2D eigenvalue weighted by molar-refractivity contribution is -0.131. The Morgan fingerprint density at radius 1 is 1.37 bits per heavy atom. The lowest BCUT2D eigenvalue weighted by atomic mass is 9.97. The summed E-state index contributed by atoms with van der Waals surface area (Å²) in [7, 11) is 0. The van der Waals surface area contributed by atoms with E-state index < -0.39 is 0 Å². The van der Waals surface area contributed by atoms with Gasteiger partial charge in [-0.25, -0.2) is 0 Å². The van der Waals surface area contributed by atoms with Crippen LogP contribution in [0, 0.1) is 5.92 Å². The minimum Gasteiger partial charge on any atom is -0.338 e. The highest BCUT2D eigenvalue weighted by atomic mass is 35.5. The van der Waals surface area contributed by atoms with Crippen LogP contribution >= 0.6 is 37.7 Å². The zero-order chi connectivity index (χ0) is 13.8. The van der Waals surface area contributed by atoms with Crippen molar-refractivity contribution in [3.63, 3.8) is 0 Å². The van der Waals surface area contributed by atoms with Gasteiger partial charge in [0.2, 0.25) is 5.91 Å². The molecule has 1 aliphatic heterocycles. The van der Waals surface area contributed by atoms with Crippen molar-refractivity contribution in [1.82, 2.24) is 4.90 Å². The molecule has 1 saturated heterocycles. The van der Waals surface area contributed by atoms with Gasteiger partial charge >= 0.3 is 0 Å². The average Bonchev–Trinajstić information content (AvgIpc) is 2.61. The fourth-order valence-corrected chi connectivity index (χ4v) is 3.13. The second-order valence-electron chi connectivity index (χ2n) is 5.67. The van der Waals surface area contributed by atoms with Crippen LogP contribution < -0.4 is 5.73 Å². The molecule has 0 radical (unpaired) electrons. The number of thiol groups is 2. The van der Waals surface area contributed by atoms with Gasteiger partial charge in [-0.15, -0.1) is 12.4 Å². The van der Waals surface area contributed by atoms with E-state index in [1.54, 1.807) is 0 Å². The number of rotatable bonds is 7. The van der Waals surface area contributed by atoms with Gasteiger partial charge in [-0.1, -0.05) is 6.42 Å². The maximum absolute atomic E-state index is 12.3. The normalized spacial score (nSPS) is 23.6. The first kappa shape index (κ1) is 19.4. The van der Waals surface area contributed by atoms with Crippen molar-refractivity contribution >= 4 is 43.6 Å². The lowest BCUT2D eigenvalue weighted by Crippen LogP contribution is -2.44. The molecule has 0 saturated carbocycles. The van der Waals surface area contributed by atoms with Gasteiger partial charge in [0.15, 0.2) is 0 Å². The van der Waals surface area contributed by atoms with Gasteiger partial charge in [0.25, 0.3) is 0 Å². The van der Waals surface area contributed by atoms with E-state index in [-0.39, 0.29) is 35.0 Å². The largest absolute Gasteiger partial charge is 0.338 e. The molecule has 0 aromatic rings. The van der Waals surface area contributed by atoms with E-state index in [9.17, 15) is 4.79 Å². The number of likely N-dealkylation sites (tertiary alicyclic amines) is 1. The summed E-state index contributed by atoms with van der Waals surface area (Å²) >= 11 is 8.94. The van der Waals surface area contributed by atoms with E-state index in [0.717, 1.165) is 38.8 Å². The van der Waals surface area contributed by atoms with Crippen LogP contribution in [0.15, 0.2) is 0 Å². The number of nitrogens with zero attached hydrogens (tertiary/aromatic N) is 1. The Morgan fingerprint density at radius 2 is 2.00 bits per heavy atom. The van der Waals surface area contributed by atoms with E-state index >= 15 is 0 Å². The fourth-order valence-electron chi connectivity index (χ4n) is 2.58. The summed E-state index contributed by atoms with van der Waals surface area (Å²) in [6.07, 6.45) is 4.04. The molecule has 0 unspecified atom stereocenters. The number of unbranched alkanes of at least 4 members (excludes halogenated alkanes) is 2. The molecule has 2 atom stereocenters. The molecular formula is C13H27ClN2OS2. The van der Waals surface area contributed by atoms with Gasteiger partial charge < -0.3 is 10.6 Å². The quantitative estimate of drug-likeness (QED) is 0.497. The average molecular weight is 327 g/mol. The third kappa shape index (κ3) is 5.37. The maximum Gasteiger partial charge on any atom is 0.226 e. The summed E-state index contributed by atoms with van der Waals surface area (Å²) in [5.74, 6) is 0.961. The maximum atomic E-state index is 12.3. The molecule has 0 aromatic carbocycles. The molecule has 19 heavy (non-hydrogen) atoms. The van der Waals surface area contributed by atoms with Crippen molar-refractivity contribution in [1.29, 1.82) is 0 Å². The number of carbonyl (C=O) groups excluding carboxylic acids is 1. The molecule has 0 aromatic heterocycles. The highest BCUT2D eigenvalue weighted by molar-refractivity contribution is 7.81. The van der Waals surface area contributed by atoms with E-state index in [1.807, 2.05) is 4.90 Å². The summed E-state index contributed by atoms with van der Waals surface area (Å²) in [6, 6.07) is 0.225. The molecule has 0 bridgehead atoms. The van der Waals surface area contributed by atoms with Crippen molar-refractivity contribution < 1.29 is 4.79 Å². The highest BCUT2D eigenvalue weighted by Gasteiger charge is 2.44. The zero-order valence-electron chi connectivity index (χ0n) is 11.8. The molecule has 3 nitrogen and oxygen atoms in total. The molecule has 1 aliphatic rings. The Kier molecular flexibility index (Phi) is 8.84. The smallest absolute Gasteiger partial charge is 0.226 e. The number of nitrogens with two attached hydrogens (primary N) is 1. The molecule has 6 heteroatoms. The topological polar surface area (TPSA) is 46.3 Å². The van der Waals surface area contributed by atoms with Crippen molar-refractivity contribution in [3.05, 3.63) is 0 Å². The van der Waals surface area contributed by atoms with E-state index in [4.69, 9.17) is 5.73 Å². The van der Waals surface area contributed by atoms with Gasteiger partial charge in [0.1, 0.15) is 0 Å². The fraction of sp³-hybridized carbons (Fsp3) is 0.923. The number of halogens is 1. The molecule has 1 heterocycles.